The average molecular weight is 153 g/mol. The van der Waals surface area contributed by atoms with Crippen LogP contribution in [-0.4, -0.2) is 10.2 Å². The molecule has 0 amide bonds. The Kier molecular flexibility index (Phi) is 2.34. The number of carbonyl (C=O) groups excluding carboxylic acids is 1. The molecule has 0 aliphatic rings. The maximum absolute atomic E-state index is 10.4. The number of hydrogen-bond donors (Lipinski definition) is 0. The van der Waals surface area contributed by atoms with E-state index in [9.17, 15) is 4.79 Å². The fourth-order valence-electron chi connectivity index (χ4n) is 0.509. The Morgan fingerprint density at radius 1 is 1.80 bits per heavy atom. The Labute approximate surface area is 63.4 Å². The summed E-state index contributed by atoms with van der Waals surface area (Å²) >= 11 is 1.38. The summed E-state index contributed by atoms with van der Waals surface area (Å²) in [5, 5.41) is 1.89. The van der Waals surface area contributed by atoms with Crippen LogP contribution in [0, 0.1) is 0 Å². The van der Waals surface area contributed by atoms with Crippen molar-refractivity contribution in [1.82, 2.24) is 4.37 Å². The average Bonchev–Trinajstić information content (AvgIpc) is 2.34. The summed E-state index contributed by atoms with van der Waals surface area (Å²) in [6, 6.07) is 0. The molecule has 1 heterocycles. The van der Waals surface area contributed by atoms with E-state index < -0.39 is 0 Å². The molecule has 0 aliphatic heterocycles. The monoisotopic (exact) mass is 153 g/mol. The highest BCUT2D eigenvalue weighted by Crippen LogP contribution is 2.03. The molecule has 1 aromatic rings. The molecule has 52 valence electrons. The van der Waals surface area contributed by atoms with Gasteiger partial charge in [-0.15, -0.1) is 0 Å². The van der Waals surface area contributed by atoms with Gasteiger partial charge < -0.3 is 0 Å². The molecule has 0 bridgehead atoms. The molecular weight excluding hydrogens is 146 g/mol. The quantitative estimate of drug-likeness (QED) is 0.606. The minimum Gasteiger partial charge on any atom is -0.295 e. The molecule has 0 aliphatic carbocycles. The first-order valence-electron chi connectivity index (χ1n) is 2.87. The minimum absolute atomic E-state index is 0.0613. The van der Waals surface area contributed by atoms with Crippen LogP contribution in [0.3, 0.4) is 0 Å². The molecule has 10 heavy (non-hydrogen) atoms. The third-order valence-electron chi connectivity index (χ3n) is 0.962. The molecule has 0 fully saturated rings. The summed E-state index contributed by atoms with van der Waals surface area (Å²) in [6.07, 6.45) is 5.01. The smallest absolute Gasteiger partial charge is 0.152 e. The summed E-state index contributed by atoms with van der Waals surface area (Å²) in [6.45, 7) is 1.52. The molecule has 0 saturated heterocycles. The highest BCUT2D eigenvalue weighted by Gasteiger charge is 1.86. The van der Waals surface area contributed by atoms with Crippen LogP contribution in [0.25, 0.3) is 6.08 Å². The zero-order chi connectivity index (χ0) is 7.40. The van der Waals surface area contributed by atoms with Crippen molar-refractivity contribution in [2.24, 2.45) is 0 Å². The van der Waals surface area contributed by atoms with Crippen molar-refractivity contribution < 1.29 is 4.79 Å². The van der Waals surface area contributed by atoms with Crippen molar-refractivity contribution in [3.63, 3.8) is 0 Å². The van der Waals surface area contributed by atoms with Crippen LogP contribution in [0.5, 0.6) is 0 Å². The maximum atomic E-state index is 10.4. The molecule has 2 nitrogen and oxygen atoms in total. The van der Waals surface area contributed by atoms with Gasteiger partial charge in [0.2, 0.25) is 0 Å². The van der Waals surface area contributed by atoms with Gasteiger partial charge in [-0.2, -0.15) is 0 Å². The number of carbonyl (C=O) groups is 1. The second-order valence-electron chi connectivity index (χ2n) is 1.90. The van der Waals surface area contributed by atoms with Crippen LogP contribution < -0.4 is 0 Å². The van der Waals surface area contributed by atoms with Gasteiger partial charge in [-0.05, 0) is 30.6 Å². The van der Waals surface area contributed by atoms with Gasteiger partial charge >= 0.3 is 0 Å². The van der Waals surface area contributed by atoms with Crippen LogP contribution in [0.15, 0.2) is 17.7 Å². The van der Waals surface area contributed by atoms with E-state index in [-0.39, 0.29) is 5.78 Å². The van der Waals surface area contributed by atoms with Gasteiger partial charge in [-0.1, -0.05) is 0 Å². The van der Waals surface area contributed by atoms with Gasteiger partial charge in [0.15, 0.2) is 5.78 Å². The zero-order valence-electron chi connectivity index (χ0n) is 5.57. The van der Waals surface area contributed by atoms with Gasteiger partial charge in [-0.25, -0.2) is 4.37 Å². The first kappa shape index (κ1) is 7.15. The molecule has 0 atom stereocenters. The number of nitrogens with zero attached hydrogens (tertiary/aromatic N) is 1. The fourth-order valence-corrected chi connectivity index (χ4v) is 1.01. The fraction of sp³-hybridized carbons (Fsp3) is 0.143. The summed E-state index contributed by atoms with van der Waals surface area (Å²) in [5.41, 5.74) is 0.986. The molecule has 0 N–H and O–H groups in total. The molecule has 1 rings (SSSR count). The number of ketones is 1. The molecule has 0 saturated carbocycles. The van der Waals surface area contributed by atoms with Crippen LogP contribution in [0.2, 0.25) is 0 Å². The summed E-state index contributed by atoms with van der Waals surface area (Å²) in [5.74, 6) is 0.0613. The van der Waals surface area contributed by atoms with E-state index >= 15 is 0 Å². The largest absolute Gasteiger partial charge is 0.295 e. The second-order valence-corrected chi connectivity index (χ2v) is 2.56. The summed E-state index contributed by atoms with van der Waals surface area (Å²) in [4.78, 5) is 10.4. The lowest BCUT2D eigenvalue weighted by Crippen LogP contribution is -1.78. The van der Waals surface area contributed by atoms with Crippen LogP contribution in [0.1, 0.15) is 12.5 Å². The molecule has 0 unspecified atom stereocenters. The third kappa shape index (κ3) is 2.11. The maximum Gasteiger partial charge on any atom is 0.152 e. The Morgan fingerprint density at radius 2 is 2.60 bits per heavy atom. The van der Waals surface area contributed by atoms with Gasteiger partial charge in [0.25, 0.3) is 0 Å². The minimum atomic E-state index is 0.0613. The van der Waals surface area contributed by atoms with E-state index in [1.807, 2.05) is 5.38 Å². The molecule has 0 spiro atoms. The van der Waals surface area contributed by atoms with E-state index in [1.54, 1.807) is 12.3 Å². The Hall–Kier alpha value is -0.960. The topological polar surface area (TPSA) is 30.0 Å². The highest BCUT2D eigenvalue weighted by molar-refractivity contribution is 7.03. The predicted octanol–water partition coefficient (Wildman–Crippen LogP) is 1.75. The summed E-state index contributed by atoms with van der Waals surface area (Å²) in [7, 11) is 0. The number of allylic oxidation sites excluding steroid dienone is 1. The lowest BCUT2D eigenvalue weighted by molar-refractivity contribution is -0.112. The van der Waals surface area contributed by atoms with Gasteiger partial charge in [-0.3, -0.25) is 4.79 Å². The van der Waals surface area contributed by atoms with Crippen molar-refractivity contribution in [2.45, 2.75) is 6.92 Å². The third-order valence-corrected chi connectivity index (χ3v) is 1.57. The Morgan fingerprint density at radius 3 is 3.10 bits per heavy atom. The predicted molar refractivity (Wildman–Crippen MR) is 41.8 cm³/mol. The van der Waals surface area contributed by atoms with Gasteiger partial charge in [0.05, 0.1) is 0 Å². The standard InChI is InChI=1S/C7H7NOS/c1-6(9)2-3-7-4-8-10-5-7/h2-5H,1H3/b3-2+. The number of aromatic nitrogens is 1. The first-order valence-corrected chi connectivity index (χ1v) is 3.71. The molecule has 0 radical (unpaired) electrons. The van der Waals surface area contributed by atoms with Crippen LogP contribution in [-0.2, 0) is 4.79 Å². The highest BCUT2D eigenvalue weighted by atomic mass is 32.1. The van der Waals surface area contributed by atoms with E-state index in [0.717, 1.165) is 5.56 Å². The van der Waals surface area contributed by atoms with E-state index in [1.165, 1.54) is 24.5 Å². The van der Waals surface area contributed by atoms with Crippen molar-refractivity contribution in [1.29, 1.82) is 0 Å². The first-order chi connectivity index (χ1) is 4.79. The SMILES string of the molecule is CC(=O)/C=C/c1cnsc1. The van der Waals surface area contributed by atoms with E-state index in [2.05, 4.69) is 4.37 Å². The van der Waals surface area contributed by atoms with E-state index in [0.29, 0.717) is 0 Å². The van der Waals surface area contributed by atoms with Crippen LogP contribution >= 0.6 is 11.5 Å². The Bertz CT molecular complexity index is 238. The van der Waals surface area contributed by atoms with Crippen molar-refractivity contribution in [2.75, 3.05) is 0 Å². The zero-order valence-corrected chi connectivity index (χ0v) is 6.39. The molecular formula is C7H7NOS. The molecule has 0 aromatic carbocycles. The Balaban J connectivity index is 2.64. The van der Waals surface area contributed by atoms with E-state index in [4.69, 9.17) is 0 Å². The van der Waals surface area contributed by atoms with Crippen molar-refractivity contribution in [3.8, 4) is 0 Å². The lowest BCUT2D eigenvalue weighted by Gasteiger charge is -1.78. The van der Waals surface area contributed by atoms with Crippen molar-refractivity contribution >= 4 is 23.4 Å². The van der Waals surface area contributed by atoms with Gasteiger partial charge in [0, 0.05) is 17.1 Å². The van der Waals surface area contributed by atoms with Crippen molar-refractivity contribution in [3.05, 3.63) is 23.2 Å². The summed E-state index contributed by atoms with van der Waals surface area (Å²) < 4.78 is 3.88. The lowest BCUT2D eigenvalue weighted by atomic mass is 10.3. The molecule has 1 aromatic heterocycles. The van der Waals surface area contributed by atoms with Gasteiger partial charge in [0.1, 0.15) is 0 Å². The normalized spacial score (nSPS) is 10.5. The molecule has 3 heteroatoms. The number of hydrogen-bond acceptors (Lipinski definition) is 3. The number of rotatable bonds is 2. The second kappa shape index (κ2) is 3.27. The van der Waals surface area contributed by atoms with Crippen LogP contribution in [0.4, 0.5) is 0 Å².